The van der Waals surface area contributed by atoms with Crippen molar-refractivity contribution >= 4 is 23.6 Å². The molecule has 0 radical (unpaired) electrons. The van der Waals surface area contributed by atoms with Crippen molar-refractivity contribution in [2.45, 2.75) is 5.75 Å². The number of terminal acetylenes is 1. The molecule has 1 aromatic rings. The van der Waals surface area contributed by atoms with Crippen LogP contribution in [0.15, 0.2) is 30.3 Å². The van der Waals surface area contributed by atoms with Gasteiger partial charge in [-0.2, -0.15) is 0 Å². The molecule has 0 unspecified atom stereocenters. The van der Waals surface area contributed by atoms with Gasteiger partial charge in [-0.25, -0.2) is 0 Å². The van der Waals surface area contributed by atoms with Crippen molar-refractivity contribution in [2.24, 2.45) is 0 Å². The normalized spacial score (nSPS) is 9.63. The molecular weight excluding hydrogens is 262 g/mol. The second kappa shape index (κ2) is 8.22. The quantitative estimate of drug-likeness (QED) is 0.767. The molecule has 4 nitrogen and oxygen atoms in total. The average molecular weight is 277 g/mol. The standard InChI is InChI=1S/C14H15NO3S/c1-2-8-15(9-14(17)18)13(16)11-19-10-12-6-4-3-5-7-12/h1,3-7H,8-11H2,(H,17,18). The van der Waals surface area contributed by atoms with Crippen LogP contribution < -0.4 is 0 Å². The largest absolute Gasteiger partial charge is 0.480 e. The van der Waals surface area contributed by atoms with E-state index < -0.39 is 5.97 Å². The Labute approximate surface area is 116 Å². The van der Waals surface area contributed by atoms with E-state index in [0.29, 0.717) is 5.75 Å². The van der Waals surface area contributed by atoms with Crippen molar-refractivity contribution in [1.29, 1.82) is 0 Å². The van der Waals surface area contributed by atoms with Gasteiger partial charge in [-0.1, -0.05) is 36.3 Å². The SMILES string of the molecule is C#CCN(CC(=O)O)C(=O)CSCc1ccccc1. The van der Waals surface area contributed by atoms with Crippen LogP contribution in [0.4, 0.5) is 0 Å². The maximum atomic E-state index is 11.8. The number of amides is 1. The van der Waals surface area contributed by atoms with Crippen molar-refractivity contribution in [3.8, 4) is 12.3 Å². The number of benzene rings is 1. The maximum Gasteiger partial charge on any atom is 0.323 e. The zero-order valence-corrected chi connectivity index (χ0v) is 11.2. The molecule has 1 rings (SSSR count). The molecule has 0 aliphatic carbocycles. The van der Waals surface area contributed by atoms with Gasteiger partial charge >= 0.3 is 5.97 Å². The molecule has 1 amide bonds. The summed E-state index contributed by atoms with van der Waals surface area (Å²) in [6, 6.07) is 9.77. The molecule has 0 aliphatic heterocycles. The van der Waals surface area contributed by atoms with Gasteiger partial charge in [0, 0.05) is 5.75 Å². The van der Waals surface area contributed by atoms with Gasteiger partial charge < -0.3 is 10.0 Å². The number of thioether (sulfide) groups is 1. The van der Waals surface area contributed by atoms with Crippen LogP contribution in [0, 0.1) is 12.3 Å². The first-order chi connectivity index (χ1) is 9.13. The Morgan fingerprint density at radius 1 is 1.32 bits per heavy atom. The van der Waals surface area contributed by atoms with Gasteiger partial charge in [-0.3, -0.25) is 9.59 Å². The third kappa shape index (κ3) is 5.98. The number of carbonyl (C=O) groups excluding carboxylic acids is 1. The first-order valence-electron chi connectivity index (χ1n) is 5.68. The minimum Gasteiger partial charge on any atom is -0.480 e. The summed E-state index contributed by atoms with van der Waals surface area (Å²) >= 11 is 1.44. The zero-order chi connectivity index (χ0) is 14.1. The van der Waals surface area contributed by atoms with Gasteiger partial charge in [0.05, 0.1) is 12.3 Å². The molecule has 1 N–H and O–H groups in total. The number of hydrogen-bond donors (Lipinski definition) is 1. The Balaban J connectivity index is 2.40. The number of nitrogens with zero attached hydrogens (tertiary/aromatic N) is 1. The van der Waals surface area contributed by atoms with Crippen LogP contribution in [0.25, 0.3) is 0 Å². The topological polar surface area (TPSA) is 57.6 Å². The van der Waals surface area contributed by atoms with Crippen molar-refractivity contribution < 1.29 is 14.7 Å². The van der Waals surface area contributed by atoms with E-state index in [2.05, 4.69) is 5.92 Å². The van der Waals surface area contributed by atoms with Gasteiger partial charge in [-0.15, -0.1) is 18.2 Å². The van der Waals surface area contributed by atoms with Crippen LogP contribution in [-0.2, 0) is 15.3 Å². The van der Waals surface area contributed by atoms with Crippen LogP contribution in [0.1, 0.15) is 5.56 Å². The van der Waals surface area contributed by atoms with Crippen LogP contribution in [0.3, 0.4) is 0 Å². The van der Waals surface area contributed by atoms with Crippen LogP contribution in [0.2, 0.25) is 0 Å². The molecule has 0 bridgehead atoms. The molecule has 0 heterocycles. The number of rotatable bonds is 7. The number of carbonyl (C=O) groups is 2. The Bertz CT molecular complexity index is 467. The maximum absolute atomic E-state index is 11.8. The molecule has 100 valence electrons. The monoisotopic (exact) mass is 277 g/mol. The average Bonchev–Trinajstić information content (AvgIpc) is 2.39. The lowest BCUT2D eigenvalue weighted by Crippen LogP contribution is -2.37. The molecule has 0 aliphatic rings. The first-order valence-corrected chi connectivity index (χ1v) is 6.83. The summed E-state index contributed by atoms with van der Waals surface area (Å²) in [6.07, 6.45) is 5.12. The van der Waals surface area contributed by atoms with E-state index in [-0.39, 0.29) is 24.7 Å². The van der Waals surface area contributed by atoms with E-state index >= 15 is 0 Å². The molecule has 0 aromatic heterocycles. The Morgan fingerprint density at radius 2 is 2.00 bits per heavy atom. The van der Waals surface area contributed by atoms with E-state index in [1.54, 1.807) is 0 Å². The lowest BCUT2D eigenvalue weighted by molar-refractivity contribution is -0.143. The molecular formula is C14H15NO3S. The van der Waals surface area contributed by atoms with Crippen molar-refractivity contribution in [3.63, 3.8) is 0 Å². The van der Waals surface area contributed by atoms with E-state index in [9.17, 15) is 9.59 Å². The summed E-state index contributed by atoms with van der Waals surface area (Å²) in [5.74, 6) is 1.93. The summed E-state index contributed by atoms with van der Waals surface area (Å²) in [5, 5.41) is 8.69. The highest BCUT2D eigenvalue weighted by Gasteiger charge is 2.15. The Morgan fingerprint density at radius 3 is 2.58 bits per heavy atom. The summed E-state index contributed by atoms with van der Waals surface area (Å²) in [6.45, 7) is -0.327. The van der Waals surface area contributed by atoms with Gasteiger partial charge in [0.25, 0.3) is 0 Å². The molecule has 0 saturated carbocycles. The van der Waals surface area contributed by atoms with E-state index in [1.165, 1.54) is 16.7 Å². The van der Waals surface area contributed by atoms with Gasteiger partial charge in [0.1, 0.15) is 6.54 Å². The fraction of sp³-hybridized carbons (Fsp3) is 0.286. The highest BCUT2D eigenvalue weighted by molar-refractivity contribution is 7.99. The van der Waals surface area contributed by atoms with Crippen molar-refractivity contribution in [3.05, 3.63) is 35.9 Å². The molecule has 5 heteroatoms. The zero-order valence-electron chi connectivity index (χ0n) is 10.4. The lowest BCUT2D eigenvalue weighted by Gasteiger charge is -2.17. The Kier molecular flexibility index (Phi) is 6.55. The van der Waals surface area contributed by atoms with E-state index in [0.717, 1.165) is 5.56 Å². The molecule has 0 atom stereocenters. The smallest absolute Gasteiger partial charge is 0.323 e. The highest BCUT2D eigenvalue weighted by Crippen LogP contribution is 2.12. The van der Waals surface area contributed by atoms with Crippen molar-refractivity contribution in [1.82, 2.24) is 4.90 Å². The minimum absolute atomic E-state index is 0.0248. The predicted molar refractivity (Wildman–Crippen MR) is 75.7 cm³/mol. The van der Waals surface area contributed by atoms with Gasteiger partial charge in [-0.05, 0) is 5.56 Å². The second-order valence-electron chi connectivity index (χ2n) is 3.83. The van der Waals surface area contributed by atoms with Crippen molar-refractivity contribution in [2.75, 3.05) is 18.8 Å². The summed E-state index contributed by atoms with van der Waals surface area (Å²) in [4.78, 5) is 23.6. The fourth-order valence-electron chi connectivity index (χ4n) is 1.43. The molecule has 19 heavy (non-hydrogen) atoms. The minimum atomic E-state index is -1.06. The van der Waals surface area contributed by atoms with Crippen LogP contribution >= 0.6 is 11.8 Å². The number of aliphatic carboxylic acids is 1. The lowest BCUT2D eigenvalue weighted by atomic mass is 10.2. The molecule has 1 aromatic carbocycles. The molecule has 0 fully saturated rings. The van der Waals surface area contributed by atoms with E-state index in [1.807, 2.05) is 30.3 Å². The fourth-order valence-corrected chi connectivity index (χ4v) is 2.31. The number of hydrogen-bond acceptors (Lipinski definition) is 3. The van der Waals surface area contributed by atoms with Crippen LogP contribution in [-0.4, -0.2) is 40.7 Å². The second-order valence-corrected chi connectivity index (χ2v) is 4.81. The third-order valence-electron chi connectivity index (χ3n) is 2.30. The molecule has 0 spiro atoms. The van der Waals surface area contributed by atoms with E-state index in [4.69, 9.17) is 11.5 Å². The number of carboxylic acid groups (broad SMARTS) is 1. The predicted octanol–water partition coefficient (Wildman–Crippen LogP) is 1.47. The number of carboxylic acids is 1. The summed E-state index contributed by atoms with van der Waals surface area (Å²) in [5.41, 5.74) is 1.13. The van der Waals surface area contributed by atoms with Gasteiger partial charge in [0.2, 0.25) is 5.91 Å². The first kappa shape index (κ1) is 15.1. The molecule has 0 saturated heterocycles. The van der Waals surface area contributed by atoms with Crippen LogP contribution in [0.5, 0.6) is 0 Å². The van der Waals surface area contributed by atoms with Gasteiger partial charge in [0.15, 0.2) is 0 Å². The summed E-state index contributed by atoms with van der Waals surface area (Å²) < 4.78 is 0. The summed E-state index contributed by atoms with van der Waals surface area (Å²) in [7, 11) is 0. The highest BCUT2D eigenvalue weighted by atomic mass is 32.2. The third-order valence-corrected chi connectivity index (χ3v) is 3.29. The Hall–Kier alpha value is -1.93.